The Morgan fingerprint density at radius 1 is 1.47 bits per heavy atom. The van der Waals surface area contributed by atoms with Crippen molar-refractivity contribution in [2.75, 3.05) is 19.7 Å². The molecule has 0 atom stereocenters. The van der Waals surface area contributed by atoms with Crippen LogP contribution < -0.4 is 4.74 Å². The minimum absolute atomic E-state index is 0.116. The molecule has 0 unspecified atom stereocenters. The van der Waals surface area contributed by atoms with Crippen LogP contribution in [0.15, 0.2) is 24.3 Å². The van der Waals surface area contributed by atoms with Crippen LogP contribution in [-0.4, -0.2) is 19.7 Å². The lowest BCUT2D eigenvalue weighted by Gasteiger charge is -2.05. The zero-order valence-electron chi connectivity index (χ0n) is 8.44. The summed E-state index contributed by atoms with van der Waals surface area (Å²) in [6.07, 6.45) is 3.46. The highest BCUT2D eigenvalue weighted by Crippen LogP contribution is 2.17. The summed E-state index contributed by atoms with van der Waals surface area (Å²) in [5.41, 5.74) is 0.522. The Kier molecular flexibility index (Phi) is 5.21. The molecule has 1 rings (SSSR count). The molecule has 0 radical (unpaired) electrons. The van der Waals surface area contributed by atoms with Crippen molar-refractivity contribution in [1.82, 2.24) is 0 Å². The number of thiol groups is 1. The van der Waals surface area contributed by atoms with E-state index in [4.69, 9.17) is 9.47 Å². The highest BCUT2D eigenvalue weighted by molar-refractivity contribution is 7.80. The number of hydrogen-bond acceptors (Lipinski definition) is 3. The molecule has 82 valence electrons. The molecule has 0 spiro atoms. The van der Waals surface area contributed by atoms with Crippen LogP contribution in [0, 0.1) is 5.82 Å². The maximum absolute atomic E-state index is 13.4. The molecule has 4 heteroatoms. The molecule has 0 aliphatic heterocycles. The SMILES string of the molecule is COCOc1ccc(C=CCS)c(F)c1. The number of benzene rings is 1. The van der Waals surface area contributed by atoms with E-state index in [1.165, 1.54) is 13.2 Å². The average Bonchev–Trinajstić information content (AvgIpc) is 2.25. The molecule has 0 heterocycles. The van der Waals surface area contributed by atoms with E-state index in [0.717, 1.165) is 0 Å². The zero-order valence-corrected chi connectivity index (χ0v) is 9.34. The monoisotopic (exact) mass is 228 g/mol. The van der Waals surface area contributed by atoms with Gasteiger partial charge in [0, 0.05) is 24.5 Å². The minimum Gasteiger partial charge on any atom is -0.467 e. The molecule has 0 aliphatic rings. The lowest BCUT2D eigenvalue weighted by Crippen LogP contribution is -1.99. The third-order valence-corrected chi connectivity index (χ3v) is 1.93. The van der Waals surface area contributed by atoms with E-state index in [0.29, 0.717) is 17.1 Å². The summed E-state index contributed by atoms with van der Waals surface area (Å²) in [5, 5.41) is 0. The number of hydrogen-bond donors (Lipinski definition) is 1. The van der Waals surface area contributed by atoms with Crippen LogP contribution in [-0.2, 0) is 4.74 Å². The van der Waals surface area contributed by atoms with Gasteiger partial charge in [0.15, 0.2) is 6.79 Å². The van der Waals surface area contributed by atoms with Crippen molar-refractivity contribution in [1.29, 1.82) is 0 Å². The van der Waals surface area contributed by atoms with Crippen LogP contribution in [0.5, 0.6) is 5.75 Å². The van der Waals surface area contributed by atoms with Crippen LogP contribution >= 0.6 is 12.6 Å². The predicted octanol–water partition coefficient (Wildman–Crippen LogP) is 2.75. The molecular formula is C11H13FO2S. The van der Waals surface area contributed by atoms with Crippen molar-refractivity contribution in [3.05, 3.63) is 35.7 Å². The Morgan fingerprint density at radius 2 is 2.27 bits per heavy atom. The maximum atomic E-state index is 13.4. The van der Waals surface area contributed by atoms with Crippen molar-refractivity contribution >= 4 is 18.7 Å². The summed E-state index contributed by atoms with van der Waals surface area (Å²) in [5.74, 6) is 0.723. The maximum Gasteiger partial charge on any atom is 0.188 e. The van der Waals surface area contributed by atoms with Crippen LogP contribution in [0.1, 0.15) is 5.56 Å². The largest absolute Gasteiger partial charge is 0.467 e. The third kappa shape index (κ3) is 3.93. The van der Waals surface area contributed by atoms with Gasteiger partial charge in [0.05, 0.1) is 0 Å². The van der Waals surface area contributed by atoms with Crippen LogP contribution in [0.2, 0.25) is 0 Å². The van der Waals surface area contributed by atoms with Crippen LogP contribution in [0.25, 0.3) is 6.08 Å². The van der Waals surface area contributed by atoms with Gasteiger partial charge in [-0.1, -0.05) is 12.2 Å². The molecule has 0 saturated heterocycles. The molecule has 2 nitrogen and oxygen atoms in total. The number of halogens is 1. The van der Waals surface area contributed by atoms with Crippen LogP contribution in [0.3, 0.4) is 0 Å². The summed E-state index contributed by atoms with van der Waals surface area (Å²) in [7, 11) is 1.51. The van der Waals surface area contributed by atoms with Crippen molar-refractivity contribution < 1.29 is 13.9 Å². The molecule has 0 saturated carbocycles. The van der Waals surface area contributed by atoms with E-state index in [1.807, 2.05) is 0 Å². The van der Waals surface area contributed by atoms with E-state index in [9.17, 15) is 4.39 Å². The first-order chi connectivity index (χ1) is 7.27. The third-order valence-electron chi connectivity index (χ3n) is 1.72. The molecule has 0 bridgehead atoms. The fraction of sp³-hybridized carbons (Fsp3) is 0.273. The van der Waals surface area contributed by atoms with E-state index in [2.05, 4.69) is 12.6 Å². The fourth-order valence-electron chi connectivity index (χ4n) is 1.04. The Labute approximate surface area is 94.1 Å². The van der Waals surface area contributed by atoms with E-state index in [-0.39, 0.29) is 12.6 Å². The smallest absolute Gasteiger partial charge is 0.188 e. The van der Waals surface area contributed by atoms with Crippen molar-refractivity contribution in [2.45, 2.75) is 0 Å². The standard InChI is InChI=1S/C11H13FO2S/c1-13-8-14-10-5-4-9(3-2-6-15)11(12)7-10/h2-5,7,15H,6,8H2,1H3. The van der Waals surface area contributed by atoms with Crippen molar-refractivity contribution in [3.8, 4) is 5.75 Å². The van der Waals surface area contributed by atoms with E-state index >= 15 is 0 Å². The van der Waals surface area contributed by atoms with E-state index in [1.54, 1.807) is 24.3 Å². The molecule has 15 heavy (non-hydrogen) atoms. The fourth-order valence-corrected chi connectivity index (χ4v) is 1.14. The van der Waals surface area contributed by atoms with Gasteiger partial charge in [-0.05, 0) is 12.1 Å². The lowest BCUT2D eigenvalue weighted by atomic mass is 10.2. The summed E-state index contributed by atoms with van der Waals surface area (Å²) >= 11 is 4.00. The van der Waals surface area contributed by atoms with Gasteiger partial charge >= 0.3 is 0 Å². The molecule has 0 N–H and O–H groups in total. The molecule has 0 amide bonds. The number of ether oxygens (including phenoxy) is 2. The minimum atomic E-state index is -0.318. The molecular weight excluding hydrogens is 215 g/mol. The van der Waals surface area contributed by atoms with Gasteiger partial charge in [0.25, 0.3) is 0 Å². The second-order valence-corrected chi connectivity index (χ2v) is 3.18. The van der Waals surface area contributed by atoms with Crippen LogP contribution in [0.4, 0.5) is 4.39 Å². The number of methoxy groups -OCH3 is 1. The first kappa shape index (κ1) is 12.1. The van der Waals surface area contributed by atoms with E-state index < -0.39 is 0 Å². The first-order valence-corrected chi connectivity index (χ1v) is 5.10. The quantitative estimate of drug-likeness (QED) is 0.617. The summed E-state index contributed by atoms with van der Waals surface area (Å²) in [6.45, 7) is 0.116. The predicted molar refractivity (Wildman–Crippen MR) is 61.8 cm³/mol. The summed E-state index contributed by atoms with van der Waals surface area (Å²) < 4.78 is 23.2. The Bertz CT molecular complexity index is 339. The van der Waals surface area contributed by atoms with Crippen molar-refractivity contribution in [3.63, 3.8) is 0 Å². The Hall–Kier alpha value is -1.00. The highest BCUT2D eigenvalue weighted by atomic mass is 32.1. The Morgan fingerprint density at radius 3 is 2.87 bits per heavy atom. The average molecular weight is 228 g/mol. The zero-order chi connectivity index (χ0) is 11.1. The van der Waals surface area contributed by atoms with Gasteiger partial charge < -0.3 is 9.47 Å². The van der Waals surface area contributed by atoms with Gasteiger partial charge in [-0.25, -0.2) is 4.39 Å². The van der Waals surface area contributed by atoms with Gasteiger partial charge in [-0.15, -0.1) is 0 Å². The summed E-state index contributed by atoms with van der Waals surface area (Å²) in [6, 6.07) is 4.68. The molecule has 0 fully saturated rings. The Balaban J connectivity index is 2.74. The second kappa shape index (κ2) is 6.48. The topological polar surface area (TPSA) is 18.5 Å². The van der Waals surface area contributed by atoms with Gasteiger partial charge in [0.1, 0.15) is 11.6 Å². The van der Waals surface area contributed by atoms with Gasteiger partial charge in [-0.2, -0.15) is 12.6 Å². The van der Waals surface area contributed by atoms with Gasteiger partial charge in [-0.3, -0.25) is 0 Å². The molecule has 1 aromatic carbocycles. The molecule has 1 aromatic rings. The number of rotatable bonds is 5. The van der Waals surface area contributed by atoms with Gasteiger partial charge in [0.2, 0.25) is 0 Å². The summed E-state index contributed by atoms with van der Waals surface area (Å²) in [4.78, 5) is 0. The molecule has 0 aromatic heterocycles. The highest BCUT2D eigenvalue weighted by Gasteiger charge is 2.01. The second-order valence-electron chi connectivity index (χ2n) is 2.82. The normalized spacial score (nSPS) is 10.9. The van der Waals surface area contributed by atoms with Crippen molar-refractivity contribution in [2.24, 2.45) is 0 Å². The molecule has 0 aliphatic carbocycles. The first-order valence-electron chi connectivity index (χ1n) is 4.46. The lowest BCUT2D eigenvalue weighted by molar-refractivity contribution is 0.0509.